The zero-order valence-corrected chi connectivity index (χ0v) is 12.8. The summed E-state index contributed by atoms with van der Waals surface area (Å²) in [4.78, 5) is 9.47. The van der Waals surface area contributed by atoms with Crippen molar-refractivity contribution in [3.63, 3.8) is 0 Å². The maximum absolute atomic E-state index is 13.2. The molecule has 2 rings (SSSR count). The van der Waals surface area contributed by atoms with E-state index in [9.17, 15) is 8.78 Å². The van der Waals surface area contributed by atoms with E-state index in [-0.39, 0.29) is 0 Å². The number of aryl methyl sites for hydroxylation is 1. The van der Waals surface area contributed by atoms with Gasteiger partial charge in [-0.15, -0.1) is 0 Å². The van der Waals surface area contributed by atoms with Gasteiger partial charge >= 0.3 is 0 Å². The normalized spacial score (nSPS) is 10.7. The van der Waals surface area contributed by atoms with Crippen LogP contribution in [-0.4, -0.2) is 16.5 Å². The Balaban J connectivity index is 2.26. The molecule has 0 spiro atoms. The second-order valence-corrected chi connectivity index (χ2v) is 5.56. The van der Waals surface area contributed by atoms with Crippen molar-refractivity contribution in [2.75, 3.05) is 11.9 Å². The summed E-state index contributed by atoms with van der Waals surface area (Å²) in [6.45, 7) is 4.81. The van der Waals surface area contributed by atoms with Gasteiger partial charge in [0.25, 0.3) is 0 Å². The summed E-state index contributed by atoms with van der Waals surface area (Å²) in [5.74, 6) is -0.196. The Bertz CT molecular complexity index is 596. The van der Waals surface area contributed by atoms with Gasteiger partial charge in [-0.1, -0.05) is 18.7 Å². The van der Waals surface area contributed by atoms with Crippen LogP contribution in [0.3, 0.4) is 0 Å². The Kier molecular flexibility index (Phi) is 5.50. The summed E-state index contributed by atoms with van der Waals surface area (Å²) in [6.07, 6.45) is 1.73. The number of aromatic nitrogens is 2. The van der Waals surface area contributed by atoms with Crippen LogP contribution >= 0.6 is 11.8 Å². The Labute approximate surface area is 127 Å². The standard InChI is InChI=1S/C15H17F2N3S/c1-3-5-13-19-14(18-4-2)9-15(20-13)21-10-6-7-11(16)12(17)8-10/h6-9H,3-5H2,1-2H3,(H,18,19,20). The molecule has 0 aliphatic carbocycles. The molecule has 6 heteroatoms. The topological polar surface area (TPSA) is 37.8 Å². The molecule has 0 saturated carbocycles. The molecular weight excluding hydrogens is 292 g/mol. The molecule has 2 aromatic rings. The highest BCUT2D eigenvalue weighted by Crippen LogP contribution is 2.28. The highest BCUT2D eigenvalue weighted by atomic mass is 32.2. The zero-order chi connectivity index (χ0) is 15.2. The number of nitrogens with zero attached hydrogens (tertiary/aromatic N) is 2. The van der Waals surface area contributed by atoms with E-state index in [0.29, 0.717) is 4.90 Å². The minimum Gasteiger partial charge on any atom is -0.370 e. The highest BCUT2D eigenvalue weighted by molar-refractivity contribution is 7.99. The van der Waals surface area contributed by atoms with Crippen molar-refractivity contribution in [3.8, 4) is 0 Å². The van der Waals surface area contributed by atoms with Gasteiger partial charge in [-0.3, -0.25) is 0 Å². The van der Waals surface area contributed by atoms with Crippen molar-refractivity contribution in [3.05, 3.63) is 41.7 Å². The summed E-state index contributed by atoms with van der Waals surface area (Å²) in [5.41, 5.74) is 0. The van der Waals surface area contributed by atoms with Crippen LogP contribution < -0.4 is 5.32 Å². The Morgan fingerprint density at radius 2 is 1.90 bits per heavy atom. The predicted octanol–water partition coefficient (Wildman–Crippen LogP) is 4.29. The second-order valence-electron chi connectivity index (χ2n) is 4.47. The predicted molar refractivity (Wildman–Crippen MR) is 80.7 cm³/mol. The lowest BCUT2D eigenvalue weighted by Crippen LogP contribution is -2.04. The molecule has 1 aromatic heterocycles. The lowest BCUT2D eigenvalue weighted by Gasteiger charge is -2.08. The van der Waals surface area contributed by atoms with Gasteiger partial charge in [-0.2, -0.15) is 0 Å². The molecule has 0 fully saturated rings. The van der Waals surface area contributed by atoms with Crippen LogP contribution in [0, 0.1) is 11.6 Å². The number of hydrogen-bond acceptors (Lipinski definition) is 4. The summed E-state index contributed by atoms with van der Waals surface area (Å²) < 4.78 is 26.2. The van der Waals surface area contributed by atoms with E-state index in [1.807, 2.05) is 13.0 Å². The number of anilines is 1. The molecule has 0 unspecified atom stereocenters. The van der Waals surface area contributed by atoms with E-state index in [1.165, 1.54) is 23.9 Å². The van der Waals surface area contributed by atoms with E-state index >= 15 is 0 Å². The second kappa shape index (κ2) is 7.36. The fourth-order valence-corrected chi connectivity index (χ4v) is 2.65. The van der Waals surface area contributed by atoms with Gasteiger partial charge in [-0.05, 0) is 31.5 Å². The number of hydrogen-bond donors (Lipinski definition) is 1. The van der Waals surface area contributed by atoms with Crippen LogP contribution in [0.15, 0.2) is 34.2 Å². The first-order chi connectivity index (χ1) is 10.1. The molecule has 3 nitrogen and oxygen atoms in total. The fraction of sp³-hybridized carbons (Fsp3) is 0.333. The molecule has 112 valence electrons. The quantitative estimate of drug-likeness (QED) is 0.808. The number of halogens is 2. The fourth-order valence-electron chi connectivity index (χ4n) is 1.79. The van der Waals surface area contributed by atoms with Gasteiger partial charge in [0.2, 0.25) is 0 Å². The van der Waals surface area contributed by atoms with Crippen molar-refractivity contribution in [2.24, 2.45) is 0 Å². The largest absolute Gasteiger partial charge is 0.370 e. The maximum Gasteiger partial charge on any atom is 0.159 e. The van der Waals surface area contributed by atoms with Crippen LogP contribution in [0.4, 0.5) is 14.6 Å². The molecule has 1 heterocycles. The minimum atomic E-state index is -0.852. The van der Waals surface area contributed by atoms with Gasteiger partial charge in [0, 0.05) is 23.9 Å². The third kappa shape index (κ3) is 4.39. The molecule has 1 N–H and O–H groups in total. The smallest absolute Gasteiger partial charge is 0.159 e. The first-order valence-electron chi connectivity index (χ1n) is 6.87. The van der Waals surface area contributed by atoms with Gasteiger partial charge in [0.05, 0.1) is 0 Å². The number of rotatable bonds is 6. The monoisotopic (exact) mass is 309 g/mol. The van der Waals surface area contributed by atoms with E-state index in [0.717, 1.165) is 42.1 Å². The highest BCUT2D eigenvalue weighted by Gasteiger charge is 2.08. The van der Waals surface area contributed by atoms with Crippen molar-refractivity contribution < 1.29 is 8.78 Å². The molecule has 21 heavy (non-hydrogen) atoms. The SMILES string of the molecule is CCCc1nc(NCC)cc(Sc2ccc(F)c(F)c2)n1. The average Bonchev–Trinajstić information content (AvgIpc) is 2.43. The lowest BCUT2D eigenvalue weighted by molar-refractivity contribution is 0.506. The van der Waals surface area contributed by atoms with Crippen LogP contribution in [-0.2, 0) is 6.42 Å². The van der Waals surface area contributed by atoms with Crippen LogP contribution in [0.25, 0.3) is 0 Å². The molecule has 0 aliphatic rings. The molecule has 0 saturated heterocycles. The minimum absolute atomic E-state index is 0.609. The lowest BCUT2D eigenvalue weighted by atomic mass is 10.3. The molecule has 0 aliphatic heterocycles. The average molecular weight is 309 g/mol. The molecular formula is C15H17F2N3S. The number of nitrogens with one attached hydrogen (secondary N) is 1. The van der Waals surface area contributed by atoms with Gasteiger partial charge in [0.15, 0.2) is 11.6 Å². The summed E-state index contributed by atoms with van der Waals surface area (Å²) in [5, 5.41) is 3.87. The Morgan fingerprint density at radius 3 is 2.57 bits per heavy atom. The molecule has 0 radical (unpaired) electrons. The van der Waals surface area contributed by atoms with Crippen LogP contribution in [0.1, 0.15) is 26.1 Å². The summed E-state index contributed by atoms with van der Waals surface area (Å²) in [6, 6.07) is 5.65. The third-order valence-corrected chi connectivity index (χ3v) is 3.60. The van der Waals surface area contributed by atoms with Gasteiger partial charge in [-0.25, -0.2) is 18.7 Å². The Hall–Kier alpha value is -1.69. The first-order valence-corrected chi connectivity index (χ1v) is 7.68. The number of benzene rings is 1. The van der Waals surface area contributed by atoms with E-state index < -0.39 is 11.6 Å². The van der Waals surface area contributed by atoms with E-state index in [1.54, 1.807) is 0 Å². The molecule has 0 atom stereocenters. The Morgan fingerprint density at radius 1 is 1.10 bits per heavy atom. The van der Waals surface area contributed by atoms with Gasteiger partial charge < -0.3 is 5.32 Å². The molecule has 0 bridgehead atoms. The summed E-state index contributed by atoms with van der Waals surface area (Å²) in [7, 11) is 0. The van der Waals surface area contributed by atoms with Crippen LogP contribution in [0.5, 0.6) is 0 Å². The van der Waals surface area contributed by atoms with Crippen LogP contribution in [0.2, 0.25) is 0 Å². The molecule has 1 aromatic carbocycles. The zero-order valence-electron chi connectivity index (χ0n) is 12.0. The van der Waals surface area contributed by atoms with E-state index in [4.69, 9.17) is 0 Å². The first kappa shape index (κ1) is 15.7. The third-order valence-electron chi connectivity index (χ3n) is 2.69. The summed E-state index contributed by atoms with van der Waals surface area (Å²) >= 11 is 1.29. The van der Waals surface area contributed by atoms with Crippen molar-refractivity contribution >= 4 is 17.6 Å². The van der Waals surface area contributed by atoms with Gasteiger partial charge in [0.1, 0.15) is 16.7 Å². The van der Waals surface area contributed by atoms with Crippen molar-refractivity contribution in [1.29, 1.82) is 0 Å². The molecule has 0 amide bonds. The van der Waals surface area contributed by atoms with E-state index in [2.05, 4.69) is 22.2 Å². The maximum atomic E-state index is 13.2. The van der Waals surface area contributed by atoms with Crippen molar-refractivity contribution in [2.45, 2.75) is 36.6 Å². The van der Waals surface area contributed by atoms with Crippen molar-refractivity contribution in [1.82, 2.24) is 9.97 Å².